The molecule has 1 saturated heterocycles. The molecular formula is C34H38ClN5O4S. The Kier molecular flexibility index (Phi) is 9.32. The number of carboxylic acids is 1. The number of anilines is 1. The molecule has 0 radical (unpaired) electrons. The van der Waals surface area contributed by atoms with Crippen molar-refractivity contribution in [2.75, 3.05) is 31.1 Å². The van der Waals surface area contributed by atoms with Crippen LogP contribution in [0.2, 0.25) is 5.02 Å². The van der Waals surface area contributed by atoms with Gasteiger partial charge in [-0.3, -0.25) is 24.1 Å². The number of hydrogen-bond acceptors (Lipinski definition) is 7. The van der Waals surface area contributed by atoms with Gasteiger partial charge in [0.1, 0.15) is 5.01 Å². The van der Waals surface area contributed by atoms with E-state index < -0.39 is 11.6 Å². The molecule has 3 heterocycles. The number of hydrogen-bond donors (Lipinski definition) is 2. The summed E-state index contributed by atoms with van der Waals surface area (Å²) in [6.07, 6.45) is -0.0860. The number of benzene rings is 3. The molecular weight excluding hydrogens is 610 g/mol. The Morgan fingerprint density at radius 3 is 2.36 bits per heavy atom. The molecule has 1 aliphatic rings. The van der Waals surface area contributed by atoms with Crippen LogP contribution in [0.3, 0.4) is 0 Å². The number of piperazine rings is 1. The van der Waals surface area contributed by atoms with Gasteiger partial charge in [-0.25, -0.2) is 4.98 Å². The number of halogens is 1. The molecule has 5 aromatic rings. The largest absolute Gasteiger partial charge is 0.481 e. The minimum absolute atomic E-state index is 0.0486. The lowest BCUT2D eigenvalue weighted by Gasteiger charge is -2.32. The van der Waals surface area contributed by atoms with E-state index in [-0.39, 0.29) is 12.3 Å². The third-order valence-electron chi connectivity index (χ3n) is 7.55. The maximum atomic E-state index is 13.0. The van der Waals surface area contributed by atoms with Gasteiger partial charge in [0.25, 0.3) is 0 Å². The zero-order valence-corrected chi connectivity index (χ0v) is 28.0. The molecule has 45 heavy (non-hydrogen) atoms. The highest BCUT2D eigenvalue weighted by Gasteiger charge is 2.28. The first-order chi connectivity index (χ1) is 21.2. The third-order valence-corrected chi connectivity index (χ3v) is 8.94. The van der Waals surface area contributed by atoms with Crippen LogP contribution in [-0.2, 0) is 23.1 Å². The third kappa shape index (κ3) is 7.20. The predicted octanol–water partition coefficient (Wildman–Crippen LogP) is 6.55. The second-order valence-corrected chi connectivity index (χ2v) is 13.7. The van der Waals surface area contributed by atoms with Crippen molar-refractivity contribution in [2.45, 2.75) is 46.6 Å². The first-order valence-corrected chi connectivity index (χ1v) is 16.1. The van der Waals surface area contributed by atoms with Gasteiger partial charge >= 0.3 is 5.97 Å². The fourth-order valence-electron chi connectivity index (χ4n) is 5.45. The highest BCUT2D eigenvalue weighted by Crippen LogP contribution is 2.42. The van der Waals surface area contributed by atoms with Crippen molar-refractivity contribution in [3.8, 4) is 21.7 Å². The molecule has 1 fully saturated rings. The van der Waals surface area contributed by atoms with Crippen LogP contribution in [0.4, 0.5) is 5.82 Å². The van der Waals surface area contributed by atoms with Gasteiger partial charge in [0.2, 0.25) is 5.91 Å². The van der Waals surface area contributed by atoms with Crippen LogP contribution in [0.15, 0.2) is 48.5 Å². The Morgan fingerprint density at radius 1 is 1.07 bits per heavy atom. The van der Waals surface area contributed by atoms with Gasteiger partial charge in [-0.2, -0.15) is 5.10 Å². The van der Waals surface area contributed by atoms with E-state index in [9.17, 15) is 14.7 Å². The second-order valence-electron chi connectivity index (χ2n) is 12.3. The number of aryl methyl sites for hydroxylation is 2. The zero-order valence-electron chi connectivity index (χ0n) is 26.4. The average Bonchev–Trinajstić information content (AvgIpc) is 3.53. The molecule has 0 bridgehead atoms. The first kappa shape index (κ1) is 32.6. The van der Waals surface area contributed by atoms with Crippen LogP contribution in [0.5, 0.6) is 0 Å². The van der Waals surface area contributed by atoms with Crippen molar-refractivity contribution < 1.29 is 19.8 Å². The molecule has 1 aliphatic heterocycles. The molecule has 11 heteroatoms. The Hall–Kier alpha value is -3.83. The molecule has 3 aromatic carbocycles. The second kappa shape index (κ2) is 12.9. The number of carbonyl (C=O) groups excluding carboxylic acids is 1. The number of aromatic nitrogens is 3. The molecule has 9 nitrogen and oxygen atoms in total. The number of nitrogens with zero attached hydrogens (tertiary/aromatic N) is 5. The molecule has 236 valence electrons. The number of thiazole rings is 1. The van der Waals surface area contributed by atoms with E-state index in [0.717, 1.165) is 67.0 Å². The molecule has 0 aliphatic carbocycles. The van der Waals surface area contributed by atoms with E-state index in [1.807, 2.05) is 61.1 Å². The summed E-state index contributed by atoms with van der Waals surface area (Å²) in [6.45, 7) is 11.9. The number of carboxylic acid groups (broad SMARTS) is 1. The molecule has 0 spiro atoms. The van der Waals surface area contributed by atoms with Crippen molar-refractivity contribution >= 4 is 61.8 Å². The molecule has 0 saturated carbocycles. The number of aliphatic carboxylic acids is 1. The molecule has 0 unspecified atom stereocenters. The lowest BCUT2D eigenvalue weighted by Crippen LogP contribution is -2.50. The van der Waals surface area contributed by atoms with Gasteiger partial charge < -0.3 is 10.2 Å². The minimum atomic E-state index is -0.883. The number of amides is 1. The van der Waals surface area contributed by atoms with Gasteiger partial charge in [-0.1, -0.05) is 30.7 Å². The van der Waals surface area contributed by atoms with Gasteiger partial charge in [-0.15, -0.1) is 11.3 Å². The highest BCUT2D eigenvalue weighted by atomic mass is 35.5. The van der Waals surface area contributed by atoms with E-state index in [0.29, 0.717) is 23.9 Å². The molecule has 2 N–H and O–H groups in total. The fraction of sp³-hybridized carbons (Fsp3) is 0.353. The van der Waals surface area contributed by atoms with E-state index in [2.05, 4.69) is 17.9 Å². The summed E-state index contributed by atoms with van der Waals surface area (Å²) >= 11 is 7.70. The summed E-state index contributed by atoms with van der Waals surface area (Å²) < 4.78 is 2.74. The Balaban J connectivity index is 0.000000743. The lowest BCUT2D eigenvalue weighted by molar-refractivity contribution is -0.136. The van der Waals surface area contributed by atoms with Gasteiger partial charge in [0.05, 0.1) is 34.3 Å². The summed E-state index contributed by atoms with van der Waals surface area (Å²) in [4.78, 5) is 33.7. The van der Waals surface area contributed by atoms with E-state index in [4.69, 9.17) is 26.8 Å². The summed E-state index contributed by atoms with van der Waals surface area (Å²) in [5.74, 6) is -0.165. The van der Waals surface area contributed by atoms with Crippen LogP contribution in [0.1, 0.15) is 38.8 Å². The number of likely N-dealkylation sites (N-methyl/N-ethyl adjacent to an activating group) is 1. The van der Waals surface area contributed by atoms with Gasteiger partial charge in [0.15, 0.2) is 5.82 Å². The van der Waals surface area contributed by atoms with Crippen molar-refractivity contribution in [2.24, 2.45) is 7.05 Å². The zero-order chi connectivity index (χ0) is 32.6. The highest BCUT2D eigenvalue weighted by molar-refractivity contribution is 7.22. The van der Waals surface area contributed by atoms with Crippen LogP contribution >= 0.6 is 22.9 Å². The van der Waals surface area contributed by atoms with E-state index in [1.54, 1.807) is 25.7 Å². The molecule has 0 atom stereocenters. The van der Waals surface area contributed by atoms with Crippen LogP contribution < -0.4 is 4.90 Å². The number of fused-ring (bicyclic) bond motifs is 2. The average molecular weight is 648 g/mol. The molecule has 6 rings (SSSR count). The minimum Gasteiger partial charge on any atom is -0.481 e. The van der Waals surface area contributed by atoms with E-state index >= 15 is 0 Å². The number of rotatable bonds is 6. The summed E-state index contributed by atoms with van der Waals surface area (Å²) in [7, 11) is 1.89. The van der Waals surface area contributed by atoms with Crippen molar-refractivity contribution in [3.05, 3.63) is 64.7 Å². The fourth-order valence-corrected chi connectivity index (χ4v) is 6.72. The molecule has 1 amide bonds. The maximum Gasteiger partial charge on any atom is 0.307 e. The molecule has 2 aromatic heterocycles. The Morgan fingerprint density at radius 2 is 1.73 bits per heavy atom. The van der Waals surface area contributed by atoms with Crippen LogP contribution in [-0.4, -0.2) is 73.5 Å². The topological polar surface area (TPSA) is 112 Å². The van der Waals surface area contributed by atoms with Crippen molar-refractivity contribution in [1.29, 1.82) is 0 Å². The standard InChI is InChI=1S/C30H28ClN5O3S.C4H10O/c1-4-35-11-12-36(25(37)16-35)29-22-14-19(7-10-24(22)34(3)33-29)30-32-23-13-17(2)21(15-26(38)39)27(28(23)40-30)18-5-8-20(31)9-6-18;1-4(2,3)5/h5-10,13-14H,4,11-12,15-16H2,1-3H3,(H,38,39);5H,1-3H3. The number of aliphatic hydroxyl groups is 1. The van der Waals surface area contributed by atoms with Gasteiger partial charge in [0, 0.05) is 41.7 Å². The van der Waals surface area contributed by atoms with Crippen LogP contribution in [0, 0.1) is 6.92 Å². The number of carbonyl (C=O) groups is 2. The van der Waals surface area contributed by atoms with Crippen molar-refractivity contribution in [3.63, 3.8) is 0 Å². The Labute approximate surface area is 271 Å². The Bertz CT molecular complexity index is 1890. The lowest BCUT2D eigenvalue weighted by atomic mass is 9.93. The van der Waals surface area contributed by atoms with Crippen LogP contribution in [0.25, 0.3) is 42.8 Å². The SMILES string of the molecule is CC(C)(C)O.CCN1CCN(c2nn(C)c3ccc(-c4nc5cc(C)c(CC(=O)O)c(-c6ccc(Cl)cc6)c5s4)cc23)C(=O)C1. The maximum absolute atomic E-state index is 13.0. The predicted molar refractivity (Wildman–Crippen MR) is 182 cm³/mol. The summed E-state index contributed by atoms with van der Waals surface area (Å²) in [6, 6.07) is 15.5. The smallest absolute Gasteiger partial charge is 0.307 e. The summed E-state index contributed by atoms with van der Waals surface area (Å²) in [5, 5.41) is 25.3. The van der Waals surface area contributed by atoms with E-state index in [1.165, 1.54) is 11.3 Å². The summed E-state index contributed by atoms with van der Waals surface area (Å²) in [5.41, 5.74) is 5.60. The normalized spacial score (nSPS) is 14.2. The van der Waals surface area contributed by atoms with Crippen molar-refractivity contribution in [1.82, 2.24) is 19.7 Å². The van der Waals surface area contributed by atoms with Gasteiger partial charge in [-0.05, 0) is 87.3 Å². The monoisotopic (exact) mass is 647 g/mol. The quantitative estimate of drug-likeness (QED) is 0.215. The first-order valence-electron chi connectivity index (χ1n) is 14.9.